The molecular weight excluding hydrogens is 430 g/mol. The normalized spacial score (nSPS) is 11.1. The molecule has 0 saturated heterocycles. The van der Waals surface area contributed by atoms with Gasteiger partial charge in [0.15, 0.2) is 0 Å². The molecule has 0 unspecified atom stereocenters. The summed E-state index contributed by atoms with van der Waals surface area (Å²) in [5.74, 6) is 0.234. The molecule has 0 radical (unpaired) electrons. The van der Waals surface area contributed by atoms with Gasteiger partial charge in [-0.05, 0) is 81.9 Å². The summed E-state index contributed by atoms with van der Waals surface area (Å²) in [6.45, 7) is 14.3. The number of likely N-dealkylation sites (N-methyl/N-ethyl adjacent to an activating group) is 1. The van der Waals surface area contributed by atoms with E-state index in [4.69, 9.17) is 9.47 Å². The van der Waals surface area contributed by atoms with Gasteiger partial charge in [-0.25, -0.2) is 4.79 Å². The molecule has 0 spiro atoms. The van der Waals surface area contributed by atoms with Crippen LogP contribution in [0.2, 0.25) is 0 Å². The van der Waals surface area contributed by atoms with Gasteiger partial charge in [0.25, 0.3) is 5.91 Å². The van der Waals surface area contributed by atoms with E-state index in [1.165, 1.54) is 0 Å². The van der Waals surface area contributed by atoms with E-state index in [1.54, 1.807) is 24.3 Å². The zero-order valence-electron chi connectivity index (χ0n) is 20.8. The molecule has 7 heteroatoms. The second kappa shape index (κ2) is 11.7. The van der Waals surface area contributed by atoms with Crippen LogP contribution in [0.1, 0.15) is 54.1 Å². The average Bonchev–Trinajstić information content (AvgIpc) is 3.13. The van der Waals surface area contributed by atoms with E-state index < -0.39 is 0 Å². The van der Waals surface area contributed by atoms with Crippen molar-refractivity contribution in [1.29, 1.82) is 0 Å². The minimum absolute atomic E-state index is 0.192. The molecule has 3 aromatic rings. The highest BCUT2D eigenvalue weighted by Gasteiger charge is 2.20. The Labute approximate surface area is 201 Å². The number of carbonyl (C=O) groups is 2. The van der Waals surface area contributed by atoms with Crippen LogP contribution in [0.4, 0.5) is 5.69 Å². The van der Waals surface area contributed by atoms with Crippen molar-refractivity contribution in [2.45, 2.75) is 41.2 Å². The summed E-state index contributed by atoms with van der Waals surface area (Å²) < 4.78 is 13.0. The number of nitrogens with zero attached hydrogens (tertiary/aromatic N) is 2. The monoisotopic (exact) mass is 465 g/mol. The third kappa shape index (κ3) is 5.59. The molecule has 0 bridgehead atoms. The molecular formula is C27H35N3O4. The van der Waals surface area contributed by atoms with E-state index in [1.807, 2.05) is 43.5 Å². The highest BCUT2D eigenvalue weighted by molar-refractivity contribution is 6.08. The number of amides is 1. The molecule has 182 valence electrons. The first-order valence-corrected chi connectivity index (χ1v) is 12.0. The van der Waals surface area contributed by atoms with Crippen LogP contribution >= 0.6 is 0 Å². The van der Waals surface area contributed by atoms with Crippen molar-refractivity contribution in [3.8, 4) is 5.75 Å². The van der Waals surface area contributed by atoms with E-state index in [2.05, 4.69) is 24.1 Å². The van der Waals surface area contributed by atoms with Gasteiger partial charge in [-0.15, -0.1) is 0 Å². The number of hydrogen-bond donors (Lipinski definition) is 1. The zero-order chi connectivity index (χ0) is 24.7. The third-order valence-electron chi connectivity index (χ3n) is 6.04. The zero-order valence-corrected chi connectivity index (χ0v) is 20.8. The second-order valence-electron chi connectivity index (χ2n) is 8.02. The fourth-order valence-corrected chi connectivity index (χ4v) is 4.15. The first-order chi connectivity index (χ1) is 16.4. The quantitative estimate of drug-likeness (QED) is 0.398. The van der Waals surface area contributed by atoms with Gasteiger partial charge in [0, 0.05) is 29.7 Å². The number of fused-ring (bicyclic) bond motifs is 1. The molecule has 0 aliphatic rings. The predicted octanol–water partition coefficient (Wildman–Crippen LogP) is 5.12. The highest BCUT2D eigenvalue weighted by atomic mass is 16.5. The Bertz CT molecular complexity index is 1130. The van der Waals surface area contributed by atoms with Crippen molar-refractivity contribution in [3.05, 3.63) is 59.3 Å². The number of carbonyl (C=O) groups excluding carboxylic acids is 2. The summed E-state index contributed by atoms with van der Waals surface area (Å²) in [5, 5.41) is 3.96. The van der Waals surface area contributed by atoms with Gasteiger partial charge in [-0.2, -0.15) is 0 Å². The molecule has 3 rings (SSSR count). The van der Waals surface area contributed by atoms with E-state index in [-0.39, 0.29) is 11.9 Å². The maximum Gasteiger partial charge on any atom is 0.338 e. The number of hydrogen-bond acceptors (Lipinski definition) is 5. The number of rotatable bonds is 11. The minimum Gasteiger partial charge on any atom is -0.494 e. The Kier molecular flexibility index (Phi) is 8.71. The lowest BCUT2D eigenvalue weighted by Crippen LogP contribution is -2.27. The van der Waals surface area contributed by atoms with Gasteiger partial charge in [-0.3, -0.25) is 4.79 Å². The highest BCUT2D eigenvalue weighted by Crippen LogP contribution is 2.30. The molecule has 1 N–H and O–H groups in total. The van der Waals surface area contributed by atoms with Crippen molar-refractivity contribution in [1.82, 2.24) is 9.47 Å². The second-order valence-corrected chi connectivity index (χ2v) is 8.02. The molecule has 0 saturated carbocycles. The predicted molar refractivity (Wildman–Crippen MR) is 136 cm³/mol. The largest absolute Gasteiger partial charge is 0.494 e. The lowest BCUT2D eigenvalue weighted by Gasteiger charge is -2.17. The lowest BCUT2D eigenvalue weighted by molar-refractivity contribution is 0.0466. The first kappa shape index (κ1) is 25.3. The van der Waals surface area contributed by atoms with E-state index in [0.717, 1.165) is 35.3 Å². The SMILES string of the molecule is CCOc1ccc2c(c1)c(C)c(C(=O)Nc1ccc(C(=O)OCCN(CC)CC)cc1)n2CC. The number of anilines is 1. The maximum absolute atomic E-state index is 13.2. The molecule has 0 aliphatic heterocycles. The molecule has 1 aromatic heterocycles. The summed E-state index contributed by atoms with van der Waals surface area (Å²) >= 11 is 0. The van der Waals surface area contributed by atoms with Crippen LogP contribution in [0.25, 0.3) is 10.9 Å². The number of ether oxygens (including phenoxy) is 2. The van der Waals surface area contributed by atoms with Gasteiger partial charge >= 0.3 is 5.97 Å². The minimum atomic E-state index is -0.364. The molecule has 0 atom stereocenters. The van der Waals surface area contributed by atoms with Crippen molar-refractivity contribution < 1.29 is 19.1 Å². The Morgan fingerprint density at radius 1 is 1.00 bits per heavy atom. The van der Waals surface area contributed by atoms with E-state index >= 15 is 0 Å². The number of aromatic nitrogens is 1. The van der Waals surface area contributed by atoms with E-state index in [9.17, 15) is 9.59 Å². The van der Waals surface area contributed by atoms with Gasteiger partial charge in [-0.1, -0.05) is 13.8 Å². The van der Waals surface area contributed by atoms with Crippen molar-refractivity contribution in [2.24, 2.45) is 0 Å². The third-order valence-corrected chi connectivity index (χ3v) is 6.04. The van der Waals surface area contributed by atoms with Crippen LogP contribution in [0.3, 0.4) is 0 Å². The van der Waals surface area contributed by atoms with Crippen LogP contribution in [0.15, 0.2) is 42.5 Å². The van der Waals surface area contributed by atoms with Gasteiger partial charge in [0.05, 0.1) is 12.2 Å². The fraction of sp³-hybridized carbons (Fsp3) is 0.407. The number of benzene rings is 2. The Morgan fingerprint density at radius 3 is 2.32 bits per heavy atom. The van der Waals surface area contributed by atoms with Crippen LogP contribution in [0, 0.1) is 6.92 Å². The maximum atomic E-state index is 13.2. The fourth-order valence-electron chi connectivity index (χ4n) is 4.15. The summed E-state index contributed by atoms with van der Waals surface area (Å²) in [5.41, 5.74) is 3.60. The number of esters is 1. The summed E-state index contributed by atoms with van der Waals surface area (Å²) in [6.07, 6.45) is 0. The first-order valence-electron chi connectivity index (χ1n) is 12.0. The van der Waals surface area contributed by atoms with Crippen molar-refractivity contribution in [3.63, 3.8) is 0 Å². The van der Waals surface area contributed by atoms with E-state index in [0.29, 0.717) is 43.2 Å². The molecule has 7 nitrogen and oxygen atoms in total. The van der Waals surface area contributed by atoms with Crippen molar-refractivity contribution >= 4 is 28.5 Å². The topological polar surface area (TPSA) is 72.8 Å². The number of aryl methyl sites for hydroxylation is 2. The summed E-state index contributed by atoms with van der Waals surface area (Å²) in [4.78, 5) is 27.7. The van der Waals surface area contributed by atoms with Gasteiger partial charge in [0.1, 0.15) is 18.1 Å². The Morgan fingerprint density at radius 2 is 1.71 bits per heavy atom. The van der Waals surface area contributed by atoms with Crippen molar-refractivity contribution in [2.75, 3.05) is 38.2 Å². The molecule has 2 aromatic carbocycles. The lowest BCUT2D eigenvalue weighted by atomic mass is 10.1. The van der Waals surface area contributed by atoms with Gasteiger partial charge < -0.3 is 24.3 Å². The molecule has 0 fully saturated rings. The summed E-state index contributed by atoms with van der Waals surface area (Å²) in [6, 6.07) is 12.7. The van der Waals surface area contributed by atoms with Gasteiger partial charge in [0.2, 0.25) is 0 Å². The molecule has 0 aliphatic carbocycles. The average molecular weight is 466 g/mol. The van der Waals surface area contributed by atoms with Crippen LogP contribution in [-0.2, 0) is 11.3 Å². The molecule has 34 heavy (non-hydrogen) atoms. The molecule has 1 amide bonds. The Hall–Kier alpha value is -3.32. The smallest absolute Gasteiger partial charge is 0.338 e. The van der Waals surface area contributed by atoms with Crippen LogP contribution in [-0.4, -0.2) is 54.2 Å². The van der Waals surface area contributed by atoms with Crippen LogP contribution in [0.5, 0.6) is 5.75 Å². The summed E-state index contributed by atoms with van der Waals surface area (Å²) in [7, 11) is 0. The standard InChI is InChI=1S/C27H35N3O4/c1-6-29(7-2)16-17-34-27(32)20-10-12-21(13-11-20)28-26(31)25-19(5)23-18-22(33-9-4)14-15-24(23)30(25)8-3/h10-15,18H,6-9,16-17H2,1-5H3,(H,28,31). The number of nitrogens with one attached hydrogen (secondary N) is 1. The van der Waals surface area contributed by atoms with Crippen LogP contribution < -0.4 is 10.1 Å². The molecule has 1 heterocycles. The Balaban J connectivity index is 1.72.